The number of Topliss-reactive ketones (excluding diaryl/α,β-unsaturated/α-hetero) is 2. The minimum Gasteiger partial charge on any atom is -0.463 e. The van der Waals surface area contributed by atoms with Crippen LogP contribution < -0.4 is 0 Å². The van der Waals surface area contributed by atoms with E-state index in [9.17, 15) is 19.5 Å². The molecule has 0 spiro atoms. The second-order valence-electron chi connectivity index (χ2n) is 8.89. The van der Waals surface area contributed by atoms with Crippen molar-refractivity contribution in [2.75, 3.05) is 0 Å². The summed E-state index contributed by atoms with van der Waals surface area (Å²) in [5.74, 6) is -0.139. The Kier molecular flexibility index (Phi) is 13.6. The van der Waals surface area contributed by atoms with Gasteiger partial charge in [0.05, 0.1) is 12.2 Å². The third kappa shape index (κ3) is 11.1. The molecule has 0 unspecified atom stereocenters. The van der Waals surface area contributed by atoms with E-state index in [2.05, 4.69) is 6.92 Å². The van der Waals surface area contributed by atoms with Gasteiger partial charge in [-0.3, -0.25) is 14.4 Å². The first kappa shape index (κ1) is 26.5. The van der Waals surface area contributed by atoms with Crippen LogP contribution >= 0.6 is 0 Å². The zero-order valence-corrected chi connectivity index (χ0v) is 19.2. The summed E-state index contributed by atoms with van der Waals surface area (Å²) < 4.78 is 5.10. The van der Waals surface area contributed by atoms with Crippen LogP contribution in [-0.4, -0.2) is 34.9 Å². The van der Waals surface area contributed by atoms with Gasteiger partial charge >= 0.3 is 5.97 Å². The highest BCUT2D eigenvalue weighted by molar-refractivity contribution is 5.84. The number of aliphatic hydroxyl groups is 1. The van der Waals surface area contributed by atoms with E-state index in [0.717, 1.165) is 25.7 Å². The Balaban J connectivity index is 2.31. The molecule has 30 heavy (non-hydrogen) atoms. The predicted octanol–water partition coefficient (Wildman–Crippen LogP) is 5.33. The number of rotatable bonds is 16. The standard InChI is InChI=1S/C25H42O5/c1-4-5-6-7-10-13-20(26)16-17-22-21(23(27)18-24(22)28)14-11-8-9-12-15-25(29)30-19(2)3/h8,11,19,21-22,24,28H,4-7,9-10,12-18H2,1-3H3/b11-8-/t21-,22-,24-/m1/s1. The zero-order chi connectivity index (χ0) is 22.4. The van der Waals surface area contributed by atoms with Gasteiger partial charge in [0.25, 0.3) is 0 Å². The summed E-state index contributed by atoms with van der Waals surface area (Å²) in [6, 6.07) is 0. The van der Waals surface area contributed by atoms with Crippen LogP contribution in [0.5, 0.6) is 0 Å². The average molecular weight is 423 g/mol. The minimum absolute atomic E-state index is 0.0854. The van der Waals surface area contributed by atoms with Crippen molar-refractivity contribution in [3.8, 4) is 0 Å². The van der Waals surface area contributed by atoms with Crippen LogP contribution in [-0.2, 0) is 19.1 Å². The number of carbonyl (C=O) groups excluding carboxylic acids is 3. The van der Waals surface area contributed by atoms with Crippen molar-refractivity contribution in [2.24, 2.45) is 11.8 Å². The topological polar surface area (TPSA) is 80.7 Å². The molecule has 1 fully saturated rings. The first-order valence-electron chi connectivity index (χ1n) is 11.9. The smallest absolute Gasteiger partial charge is 0.306 e. The first-order valence-corrected chi connectivity index (χ1v) is 11.9. The lowest BCUT2D eigenvalue weighted by atomic mass is 9.86. The largest absolute Gasteiger partial charge is 0.463 e. The van der Waals surface area contributed by atoms with Crippen LogP contribution in [0, 0.1) is 11.8 Å². The lowest BCUT2D eigenvalue weighted by molar-refractivity contribution is -0.147. The number of hydrogen-bond donors (Lipinski definition) is 1. The molecule has 5 heteroatoms. The van der Waals surface area contributed by atoms with Gasteiger partial charge in [0, 0.05) is 31.6 Å². The molecule has 0 bridgehead atoms. The molecule has 1 aliphatic rings. The molecule has 0 heterocycles. The zero-order valence-electron chi connectivity index (χ0n) is 19.2. The fourth-order valence-corrected chi connectivity index (χ4v) is 4.14. The SMILES string of the molecule is CCCCCCCC(=O)CC[C@H]1[C@H](O)CC(=O)[C@@H]1C/C=C\CCCC(=O)OC(C)C. The highest BCUT2D eigenvalue weighted by atomic mass is 16.5. The monoisotopic (exact) mass is 422 g/mol. The molecule has 3 atom stereocenters. The number of hydrogen-bond acceptors (Lipinski definition) is 5. The molecule has 172 valence electrons. The van der Waals surface area contributed by atoms with Crippen molar-refractivity contribution < 1.29 is 24.2 Å². The molecule has 5 nitrogen and oxygen atoms in total. The van der Waals surface area contributed by atoms with Gasteiger partial charge in [-0.25, -0.2) is 0 Å². The maximum Gasteiger partial charge on any atom is 0.306 e. The summed E-state index contributed by atoms with van der Waals surface area (Å²) in [5, 5.41) is 10.3. The Bertz CT molecular complexity index is 552. The van der Waals surface area contributed by atoms with Gasteiger partial charge in [-0.05, 0) is 51.9 Å². The van der Waals surface area contributed by atoms with Crippen LogP contribution in [0.25, 0.3) is 0 Å². The van der Waals surface area contributed by atoms with Crippen molar-refractivity contribution in [3.05, 3.63) is 12.2 Å². The van der Waals surface area contributed by atoms with Crippen molar-refractivity contribution in [3.63, 3.8) is 0 Å². The molecule has 0 saturated heterocycles. The van der Waals surface area contributed by atoms with Crippen molar-refractivity contribution >= 4 is 17.5 Å². The quantitative estimate of drug-likeness (QED) is 0.206. The van der Waals surface area contributed by atoms with E-state index in [4.69, 9.17) is 4.74 Å². The molecule has 0 aliphatic heterocycles. The number of aliphatic hydroxyl groups excluding tert-OH is 1. The first-order chi connectivity index (χ1) is 14.3. The average Bonchev–Trinajstić information content (AvgIpc) is 2.94. The number of ketones is 2. The number of esters is 1. The highest BCUT2D eigenvalue weighted by Gasteiger charge is 2.40. The van der Waals surface area contributed by atoms with Crippen LogP contribution in [0.3, 0.4) is 0 Å². The normalized spacial score (nSPS) is 21.6. The van der Waals surface area contributed by atoms with E-state index >= 15 is 0 Å². The second-order valence-corrected chi connectivity index (χ2v) is 8.89. The Morgan fingerprint density at radius 2 is 1.80 bits per heavy atom. The fraction of sp³-hybridized carbons (Fsp3) is 0.800. The molecule has 0 aromatic rings. The molecule has 0 aromatic heterocycles. The Labute approximate surface area is 182 Å². The van der Waals surface area contributed by atoms with Crippen LogP contribution in [0.15, 0.2) is 12.2 Å². The number of allylic oxidation sites excluding steroid dienone is 2. The van der Waals surface area contributed by atoms with Crippen molar-refractivity contribution in [1.29, 1.82) is 0 Å². The third-order valence-electron chi connectivity index (χ3n) is 5.83. The molecule has 0 amide bonds. The van der Waals surface area contributed by atoms with Gasteiger partial charge in [0.2, 0.25) is 0 Å². The fourth-order valence-electron chi connectivity index (χ4n) is 4.14. The predicted molar refractivity (Wildman–Crippen MR) is 119 cm³/mol. The molecule has 1 saturated carbocycles. The molecular formula is C25H42O5. The maximum atomic E-state index is 12.3. The minimum atomic E-state index is -0.626. The van der Waals surface area contributed by atoms with E-state index < -0.39 is 6.10 Å². The number of unbranched alkanes of at least 4 members (excludes halogenated alkanes) is 5. The Morgan fingerprint density at radius 1 is 1.07 bits per heavy atom. The van der Waals surface area contributed by atoms with Gasteiger partial charge < -0.3 is 9.84 Å². The van der Waals surface area contributed by atoms with Crippen molar-refractivity contribution in [1.82, 2.24) is 0 Å². The van der Waals surface area contributed by atoms with Gasteiger partial charge in [0.15, 0.2) is 0 Å². The van der Waals surface area contributed by atoms with Crippen LogP contribution in [0.1, 0.15) is 104 Å². The van der Waals surface area contributed by atoms with Crippen LogP contribution in [0.2, 0.25) is 0 Å². The molecule has 0 aromatic carbocycles. The maximum absolute atomic E-state index is 12.3. The summed E-state index contributed by atoms with van der Waals surface area (Å²) in [7, 11) is 0. The third-order valence-corrected chi connectivity index (χ3v) is 5.83. The summed E-state index contributed by atoms with van der Waals surface area (Å²) in [4.78, 5) is 36.0. The van der Waals surface area contributed by atoms with Gasteiger partial charge in [-0.15, -0.1) is 0 Å². The summed E-state index contributed by atoms with van der Waals surface area (Å²) in [6.45, 7) is 5.85. The van der Waals surface area contributed by atoms with E-state index in [1.807, 2.05) is 26.0 Å². The van der Waals surface area contributed by atoms with E-state index in [0.29, 0.717) is 32.1 Å². The van der Waals surface area contributed by atoms with Crippen molar-refractivity contribution in [2.45, 2.75) is 116 Å². The molecule has 1 rings (SSSR count). The molecule has 1 aliphatic carbocycles. The van der Waals surface area contributed by atoms with E-state index in [1.165, 1.54) is 19.3 Å². The van der Waals surface area contributed by atoms with Gasteiger partial charge in [-0.1, -0.05) is 44.8 Å². The summed E-state index contributed by atoms with van der Waals surface area (Å²) >= 11 is 0. The van der Waals surface area contributed by atoms with Gasteiger partial charge in [-0.2, -0.15) is 0 Å². The summed E-state index contributed by atoms with van der Waals surface area (Å²) in [6.07, 6.45) is 13.3. The number of ether oxygens (including phenoxy) is 1. The van der Waals surface area contributed by atoms with E-state index in [-0.39, 0.29) is 41.9 Å². The van der Waals surface area contributed by atoms with Crippen LogP contribution in [0.4, 0.5) is 0 Å². The lowest BCUT2D eigenvalue weighted by Crippen LogP contribution is -2.21. The Morgan fingerprint density at radius 3 is 2.50 bits per heavy atom. The molecule has 0 radical (unpaired) electrons. The summed E-state index contributed by atoms with van der Waals surface area (Å²) in [5.41, 5.74) is 0. The molecule has 1 N–H and O–H groups in total. The highest BCUT2D eigenvalue weighted by Crippen LogP contribution is 2.35. The molecular weight excluding hydrogens is 380 g/mol. The van der Waals surface area contributed by atoms with Gasteiger partial charge in [0.1, 0.15) is 11.6 Å². The number of carbonyl (C=O) groups is 3. The lowest BCUT2D eigenvalue weighted by Gasteiger charge is -2.19. The second kappa shape index (κ2) is 15.3. The van der Waals surface area contributed by atoms with E-state index in [1.54, 1.807) is 0 Å². The Hall–Kier alpha value is -1.49.